The molecule has 0 aliphatic heterocycles. The van der Waals surface area contributed by atoms with Gasteiger partial charge in [0.25, 0.3) is 0 Å². The van der Waals surface area contributed by atoms with Crippen molar-refractivity contribution in [1.82, 2.24) is 9.55 Å². The molecule has 0 N–H and O–H groups in total. The number of aromatic nitrogens is 2. The summed E-state index contributed by atoms with van der Waals surface area (Å²) in [6.07, 6.45) is 25.5. The molecule has 0 aromatic carbocycles. The molecule has 0 spiro atoms. The van der Waals surface area contributed by atoms with Gasteiger partial charge in [-0.05, 0) is 19.8 Å². The van der Waals surface area contributed by atoms with Gasteiger partial charge in [-0.25, -0.2) is 4.98 Å². The van der Waals surface area contributed by atoms with Gasteiger partial charge in [-0.2, -0.15) is 0 Å². The molecule has 0 saturated carbocycles. The normalized spacial score (nSPS) is 13.0. The SMILES string of the molecule is CCCCCCCCCCCCCCCC(C)n1ccnc1CCC[Si](OC)(OC)OC. The van der Waals surface area contributed by atoms with Gasteiger partial charge in [-0.15, -0.1) is 0 Å². The standard InChI is InChI=1S/C26H52N2O3Si/c1-6-7-8-9-10-11-12-13-14-15-16-17-18-20-25(2)28-23-22-27-26(28)21-19-24-32(29-3,30-4)31-5/h22-23,25H,6-21,24H2,1-5H3. The second-order valence-corrected chi connectivity index (χ2v) is 12.4. The Labute approximate surface area is 200 Å². The van der Waals surface area contributed by atoms with Crippen LogP contribution < -0.4 is 0 Å². The summed E-state index contributed by atoms with van der Waals surface area (Å²) in [5.41, 5.74) is 0. The summed E-state index contributed by atoms with van der Waals surface area (Å²) in [5, 5.41) is 0. The number of nitrogens with zero attached hydrogens (tertiary/aromatic N) is 2. The molecule has 1 aromatic rings. The Hall–Kier alpha value is -0.693. The van der Waals surface area contributed by atoms with Crippen molar-refractivity contribution in [2.45, 2.75) is 129 Å². The fraction of sp³-hybridized carbons (Fsp3) is 0.885. The van der Waals surface area contributed by atoms with Crippen molar-refractivity contribution in [3.8, 4) is 0 Å². The Balaban J connectivity index is 2.12. The molecule has 1 rings (SSSR count). The predicted molar refractivity (Wildman–Crippen MR) is 137 cm³/mol. The molecule has 0 saturated heterocycles. The Kier molecular flexibility index (Phi) is 17.1. The first-order chi connectivity index (χ1) is 15.6. The molecule has 5 nitrogen and oxygen atoms in total. The first-order valence-corrected chi connectivity index (χ1v) is 15.2. The molecule has 188 valence electrons. The Morgan fingerprint density at radius 1 is 0.781 bits per heavy atom. The van der Waals surface area contributed by atoms with Gasteiger partial charge >= 0.3 is 8.80 Å². The van der Waals surface area contributed by atoms with Crippen LogP contribution in [0.5, 0.6) is 0 Å². The molecule has 0 aliphatic rings. The Morgan fingerprint density at radius 2 is 1.28 bits per heavy atom. The fourth-order valence-electron chi connectivity index (χ4n) is 4.55. The van der Waals surface area contributed by atoms with Crippen molar-refractivity contribution in [3.63, 3.8) is 0 Å². The summed E-state index contributed by atoms with van der Waals surface area (Å²) in [4.78, 5) is 4.60. The van der Waals surface area contributed by atoms with Gasteiger partial charge in [0.2, 0.25) is 0 Å². The maximum absolute atomic E-state index is 5.53. The van der Waals surface area contributed by atoms with Gasteiger partial charge in [0.15, 0.2) is 0 Å². The minimum absolute atomic E-state index is 0.509. The van der Waals surface area contributed by atoms with Crippen LogP contribution in [0.4, 0.5) is 0 Å². The van der Waals surface area contributed by atoms with Gasteiger partial charge in [0, 0.05) is 52.2 Å². The molecule has 0 radical (unpaired) electrons. The van der Waals surface area contributed by atoms with Crippen LogP contribution in [0, 0.1) is 0 Å². The van der Waals surface area contributed by atoms with Crippen LogP contribution in [0.3, 0.4) is 0 Å². The number of rotatable bonds is 22. The topological polar surface area (TPSA) is 45.5 Å². The highest BCUT2D eigenvalue weighted by atomic mass is 28.4. The lowest BCUT2D eigenvalue weighted by Crippen LogP contribution is -2.42. The molecule has 0 fully saturated rings. The van der Waals surface area contributed by atoms with Crippen LogP contribution in [0.25, 0.3) is 0 Å². The number of hydrogen-bond acceptors (Lipinski definition) is 4. The van der Waals surface area contributed by atoms with Gasteiger partial charge in [0.1, 0.15) is 5.82 Å². The third kappa shape index (κ3) is 12.0. The second-order valence-electron chi connectivity index (χ2n) is 9.28. The van der Waals surface area contributed by atoms with Crippen molar-refractivity contribution < 1.29 is 13.3 Å². The molecule has 1 unspecified atom stereocenters. The average molecular weight is 469 g/mol. The highest BCUT2D eigenvalue weighted by Gasteiger charge is 2.37. The molecule has 6 heteroatoms. The second kappa shape index (κ2) is 18.7. The largest absolute Gasteiger partial charge is 0.500 e. The molecule has 0 aliphatic carbocycles. The van der Waals surface area contributed by atoms with Crippen LogP contribution >= 0.6 is 0 Å². The zero-order valence-electron chi connectivity index (χ0n) is 21.9. The molecular formula is C26H52N2O3Si. The van der Waals surface area contributed by atoms with Gasteiger partial charge in [-0.1, -0.05) is 90.4 Å². The molecular weight excluding hydrogens is 416 g/mol. The summed E-state index contributed by atoms with van der Waals surface area (Å²) >= 11 is 0. The Morgan fingerprint density at radius 3 is 1.78 bits per heavy atom. The third-order valence-corrected chi connectivity index (χ3v) is 9.60. The van der Waals surface area contributed by atoms with E-state index in [-0.39, 0.29) is 0 Å². The first-order valence-electron chi connectivity index (χ1n) is 13.3. The number of aryl methyl sites for hydroxylation is 1. The van der Waals surface area contributed by atoms with E-state index in [1.54, 1.807) is 21.3 Å². The van der Waals surface area contributed by atoms with Crippen LogP contribution in [0.15, 0.2) is 12.4 Å². The zero-order valence-corrected chi connectivity index (χ0v) is 22.9. The van der Waals surface area contributed by atoms with Gasteiger partial charge in [-0.3, -0.25) is 0 Å². The van der Waals surface area contributed by atoms with Crippen molar-refractivity contribution in [2.24, 2.45) is 0 Å². The quantitative estimate of drug-likeness (QED) is 0.129. The summed E-state index contributed by atoms with van der Waals surface area (Å²) in [7, 11) is 2.55. The number of hydrogen-bond donors (Lipinski definition) is 0. The summed E-state index contributed by atoms with van der Waals surface area (Å²) in [6, 6.07) is 1.32. The smallest absolute Gasteiger partial charge is 0.377 e. The lowest BCUT2D eigenvalue weighted by atomic mass is 10.0. The summed E-state index contributed by atoms with van der Waals surface area (Å²) in [6.45, 7) is 4.61. The highest BCUT2D eigenvalue weighted by molar-refractivity contribution is 6.60. The van der Waals surface area contributed by atoms with Crippen molar-refractivity contribution in [2.75, 3.05) is 21.3 Å². The minimum Gasteiger partial charge on any atom is -0.377 e. The van der Waals surface area contributed by atoms with Crippen molar-refractivity contribution >= 4 is 8.80 Å². The first kappa shape index (κ1) is 29.3. The average Bonchev–Trinajstić information content (AvgIpc) is 3.28. The van der Waals surface area contributed by atoms with E-state index in [1.165, 1.54) is 95.7 Å². The van der Waals surface area contributed by atoms with E-state index in [0.29, 0.717) is 6.04 Å². The molecule has 1 atom stereocenters. The van der Waals surface area contributed by atoms with E-state index < -0.39 is 8.80 Å². The van der Waals surface area contributed by atoms with Crippen LogP contribution in [0.2, 0.25) is 6.04 Å². The fourth-order valence-corrected chi connectivity index (χ4v) is 6.28. The third-order valence-electron chi connectivity index (χ3n) is 6.77. The highest BCUT2D eigenvalue weighted by Crippen LogP contribution is 2.21. The molecule has 1 aromatic heterocycles. The summed E-state index contributed by atoms with van der Waals surface area (Å²) < 4.78 is 19.0. The summed E-state index contributed by atoms with van der Waals surface area (Å²) in [5.74, 6) is 1.17. The van der Waals surface area contributed by atoms with Gasteiger partial charge < -0.3 is 17.8 Å². The predicted octanol–water partition coefficient (Wildman–Crippen LogP) is 7.74. The van der Waals surface area contributed by atoms with Crippen molar-refractivity contribution in [1.29, 1.82) is 0 Å². The molecule has 0 bridgehead atoms. The van der Waals surface area contributed by atoms with E-state index in [1.807, 2.05) is 6.20 Å². The van der Waals surface area contributed by atoms with Crippen LogP contribution in [0.1, 0.15) is 122 Å². The van der Waals surface area contributed by atoms with E-state index in [4.69, 9.17) is 13.3 Å². The molecule has 0 amide bonds. The van der Waals surface area contributed by atoms with Crippen LogP contribution in [-0.2, 0) is 19.7 Å². The minimum atomic E-state index is -2.48. The maximum Gasteiger partial charge on any atom is 0.500 e. The van der Waals surface area contributed by atoms with Gasteiger partial charge in [0.05, 0.1) is 0 Å². The molecule has 32 heavy (non-hydrogen) atoms. The maximum atomic E-state index is 5.53. The number of unbranched alkanes of at least 4 members (excludes halogenated alkanes) is 12. The lowest BCUT2D eigenvalue weighted by Gasteiger charge is -2.24. The van der Waals surface area contributed by atoms with Crippen LogP contribution in [-0.4, -0.2) is 39.7 Å². The number of imidazole rings is 1. The monoisotopic (exact) mass is 468 g/mol. The van der Waals surface area contributed by atoms with E-state index in [2.05, 4.69) is 29.6 Å². The van der Waals surface area contributed by atoms with E-state index in [9.17, 15) is 0 Å². The van der Waals surface area contributed by atoms with Crippen molar-refractivity contribution in [3.05, 3.63) is 18.2 Å². The Bertz CT molecular complexity index is 541. The van der Waals surface area contributed by atoms with E-state index >= 15 is 0 Å². The zero-order chi connectivity index (χ0) is 23.5. The lowest BCUT2D eigenvalue weighted by molar-refractivity contribution is 0.123. The van der Waals surface area contributed by atoms with E-state index in [0.717, 1.165) is 18.9 Å². The molecule has 1 heterocycles.